The highest BCUT2D eigenvalue weighted by Gasteiger charge is 2.33. The highest BCUT2D eigenvalue weighted by atomic mass is 16.7. The van der Waals surface area contributed by atoms with E-state index in [1.165, 1.54) is 11.3 Å². The molecular formula is C27H36N6O2. The topological polar surface area (TPSA) is 79.4 Å². The summed E-state index contributed by atoms with van der Waals surface area (Å²) < 4.78 is 11.4. The van der Waals surface area contributed by atoms with Crippen molar-refractivity contribution in [1.82, 2.24) is 30.4 Å². The summed E-state index contributed by atoms with van der Waals surface area (Å²) in [5.41, 5.74) is 6.95. The minimum atomic E-state index is -0.355. The maximum atomic E-state index is 5.69. The third-order valence-electron chi connectivity index (χ3n) is 6.52. The molecule has 0 saturated carbocycles. The van der Waals surface area contributed by atoms with Crippen LogP contribution in [-0.2, 0) is 16.0 Å². The van der Waals surface area contributed by atoms with Crippen molar-refractivity contribution in [2.75, 3.05) is 27.4 Å². The van der Waals surface area contributed by atoms with Crippen LogP contribution in [0.15, 0.2) is 59.9 Å². The van der Waals surface area contributed by atoms with E-state index >= 15 is 0 Å². The van der Waals surface area contributed by atoms with Gasteiger partial charge < -0.3 is 19.3 Å². The Morgan fingerprint density at radius 2 is 1.69 bits per heavy atom. The van der Waals surface area contributed by atoms with Gasteiger partial charge in [-0.1, -0.05) is 62.4 Å². The molecule has 8 nitrogen and oxygen atoms in total. The first-order valence-electron chi connectivity index (χ1n) is 12.3. The second-order valence-electron chi connectivity index (χ2n) is 9.26. The minimum Gasteiger partial charge on any atom is -0.352 e. The Hall–Kier alpha value is -3.23. The summed E-state index contributed by atoms with van der Waals surface area (Å²) in [7, 11) is 3.42. The summed E-state index contributed by atoms with van der Waals surface area (Å²) in [5, 5.41) is 14.4. The van der Waals surface area contributed by atoms with Gasteiger partial charge in [-0.25, -0.2) is 5.10 Å². The van der Waals surface area contributed by atoms with Crippen molar-refractivity contribution in [2.45, 2.75) is 46.4 Å². The zero-order valence-electron chi connectivity index (χ0n) is 21.4. The molecule has 3 aromatic rings. The fourth-order valence-corrected chi connectivity index (χ4v) is 4.67. The van der Waals surface area contributed by atoms with E-state index < -0.39 is 0 Å². The van der Waals surface area contributed by atoms with E-state index in [1.54, 1.807) is 14.2 Å². The van der Waals surface area contributed by atoms with Crippen molar-refractivity contribution >= 4 is 0 Å². The van der Waals surface area contributed by atoms with Crippen molar-refractivity contribution < 1.29 is 9.47 Å². The Kier molecular flexibility index (Phi) is 8.15. The average Bonchev–Trinajstić information content (AvgIpc) is 3.53. The summed E-state index contributed by atoms with van der Waals surface area (Å²) in [6.07, 6.45) is 1.77. The molecule has 8 heteroatoms. The molecular weight excluding hydrogens is 440 g/mol. The van der Waals surface area contributed by atoms with E-state index in [0.29, 0.717) is 11.7 Å². The average molecular weight is 477 g/mol. The molecule has 0 unspecified atom stereocenters. The molecule has 1 N–H and O–H groups in total. The van der Waals surface area contributed by atoms with Crippen molar-refractivity contribution in [3.63, 3.8) is 0 Å². The quantitative estimate of drug-likeness (QED) is 0.395. The maximum Gasteiger partial charge on any atom is 0.200 e. The van der Waals surface area contributed by atoms with Crippen LogP contribution >= 0.6 is 0 Å². The molecule has 0 aliphatic carbocycles. The number of nitrogens with zero attached hydrogens (tertiary/aromatic N) is 5. The summed E-state index contributed by atoms with van der Waals surface area (Å²) >= 11 is 0. The number of nitrogens with one attached hydrogen (secondary N) is 1. The van der Waals surface area contributed by atoms with E-state index in [9.17, 15) is 0 Å². The van der Waals surface area contributed by atoms with Crippen molar-refractivity contribution in [3.8, 4) is 22.5 Å². The molecule has 0 amide bonds. The highest BCUT2D eigenvalue weighted by molar-refractivity contribution is 5.80. The second-order valence-corrected chi connectivity index (χ2v) is 9.26. The molecule has 186 valence electrons. The number of H-pyrrole nitrogens is 1. The predicted molar refractivity (Wildman–Crippen MR) is 137 cm³/mol. The number of allylic oxidation sites excluding steroid dienone is 1. The smallest absolute Gasteiger partial charge is 0.200 e. The van der Waals surface area contributed by atoms with Crippen LogP contribution in [0.2, 0.25) is 0 Å². The van der Waals surface area contributed by atoms with Gasteiger partial charge in [-0.05, 0) is 52.8 Å². The largest absolute Gasteiger partial charge is 0.352 e. The molecule has 0 atom stereocenters. The van der Waals surface area contributed by atoms with Gasteiger partial charge in [0.2, 0.25) is 0 Å². The van der Waals surface area contributed by atoms with Crippen molar-refractivity contribution in [3.05, 3.63) is 65.5 Å². The van der Waals surface area contributed by atoms with Gasteiger partial charge in [-0.15, -0.1) is 5.10 Å². The van der Waals surface area contributed by atoms with Gasteiger partial charge in [-0.3, -0.25) is 0 Å². The zero-order valence-corrected chi connectivity index (χ0v) is 21.4. The van der Waals surface area contributed by atoms with Gasteiger partial charge >= 0.3 is 0 Å². The molecule has 4 rings (SSSR count). The third-order valence-corrected chi connectivity index (χ3v) is 6.52. The number of rotatable bonds is 11. The van der Waals surface area contributed by atoms with E-state index in [0.717, 1.165) is 55.0 Å². The van der Waals surface area contributed by atoms with Crippen LogP contribution in [0, 0.1) is 5.92 Å². The number of likely N-dealkylation sites (N-methyl/N-ethyl adjacent to an activating group) is 1. The standard InChI is InChI=1S/C27H36N6O2/c1-6-32-18-33(24(16-11-19(2)3)25(32)27(34-4)35-5)17-20-12-14-21(15-13-20)22-9-7-8-10-23(22)26-28-30-31-29-26/h7-10,12-15,19,27H,6,11,16-18H2,1-5H3,(H,28,29,30,31). The lowest BCUT2D eigenvalue weighted by atomic mass is 9.98. The van der Waals surface area contributed by atoms with Crippen LogP contribution in [0.4, 0.5) is 0 Å². The Morgan fingerprint density at radius 3 is 2.29 bits per heavy atom. The lowest BCUT2D eigenvalue weighted by molar-refractivity contribution is -0.0882. The maximum absolute atomic E-state index is 5.69. The number of hydrogen-bond donors (Lipinski definition) is 1. The Bertz CT molecular complexity index is 1110. The molecule has 1 aliphatic heterocycles. The van der Waals surface area contributed by atoms with Crippen molar-refractivity contribution in [2.24, 2.45) is 5.92 Å². The second kappa shape index (κ2) is 11.5. The van der Waals surface area contributed by atoms with Gasteiger partial charge in [0.25, 0.3) is 0 Å². The lowest BCUT2D eigenvalue weighted by Crippen LogP contribution is -2.31. The number of tetrazole rings is 1. The Balaban J connectivity index is 1.59. The molecule has 2 heterocycles. The van der Waals surface area contributed by atoms with Crippen LogP contribution in [0.25, 0.3) is 22.5 Å². The summed E-state index contributed by atoms with van der Waals surface area (Å²) in [5.74, 6) is 1.29. The van der Waals surface area contributed by atoms with E-state index in [-0.39, 0.29) is 6.29 Å². The lowest BCUT2D eigenvalue weighted by Gasteiger charge is -2.25. The summed E-state index contributed by atoms with van der Waals surface area (Å²) in [6.45, 7) is 9.31. The van der Waals surface area contributed by atoms with Crippen LogP contribution in [-0.4, -0.2) is 64.1 Å². The number of benzene rings is 2. The minimum absolute atomic E-state index is 0.355. The number of ether oxygens (including phenoxy) is 2. The first kappa shape index (κ1) is 24.9. The fourth-order valence-electron chi connectivity index (χ4n) is 4.67. The molecule has 35 heavy (non-hydrogen) atoms. The van der Waals surface area contributed by atoms with Gasteiger partial charge in [0.05, 0.1) is 12.4 Å². The van der Waals surface area contributed by atoms with Crippen LogP contribution < -0.4 is 0 Å². The van der Waals surface area contributed by atoms with E-state index in [2.05, 4.69) is 81.5 Å². The number of hydrogen-bond acceptors (Lipinski definition) is 7. The molecule has 0 radical (unpaired) electrons. The van der Waals surface area contributed by atoms with Gasteiger partial charge in [0, 0.05) is 38.6 Å². The molecule has 0 fully saturated rings. The number of aromatic amines is 1. The predicted octanol–water partition coefficient (Wildman–Crippen LogP) is 4.90. The van der Waals surface area contributed by atoms with Crippen LogP contribution in [0.5, 0.6) is 0 Å². The molecule has 0 spiro atoms. The summed E-state index contributed by atoms with van der Waals surface area (Å²) in [4.78, 5) is 4.83. The van der Waals surface area contributed by atoms with Gasteiger partial charge in [0.1, 0.15) is 0 Å². The van der Waals surface area contributed by atoms with Crippen LogP contribution in [0.1, 0.15) is 39.2 Å². The summed E-state index contributed by atoms with van der Waals surface area (Å²) in [6, 6.07) is 16.9. The zero-order chi connectivity index (χ0) is 24.8. The molecule has 0 saturated heterocycles. The molecule has 1 aromatic heterocycles. The Labute approximate surface area is 207 Å². The Morgan fingerprint density at radius 1 is 0.971 bits per heavy atom. The monoisotopic (exact) mass is 476 g/mol. The number of aromatic nitrogens is 4. The first-order chi connectivity index (χ1) is 17.0. The van der Waals surface area contributed by atoms with Crippen molar-refractivity contribution in [1.29, 1.82) is 0 Å². The van der Waals surface area contributed by atoms with E-state index in [4.69, 9.17) is 9.47 Å². The third kappa shape index (κ3) is 5.55. The SMILES string of the molecule is CCN1CN(Cc2ccc(-c3ccccc3-c3nnn[nH]3)cc2)C(CCC(C)C)=C1C(OC)OC. The van der Waals surface area contributed by atoms with Crippen LogP contribution in [0.3, 0.4) is 0 Å². The molecule has 1 aliphatic rings. The normalized spacial score (nSPS) is 14.1. The molecule has 0 bridgehead atoms. The fraction of sp³-hybridized carbons (Fsp3) is 0.444. The number of methoxy groups -OCH3 is 2. The highest BCUT2D eigenvalue weighted by Crippen LogP contribution is 2.34. The molecule has 2 aromatic carbocycles. The first-order valence-corrected chi connectivity index (χ1v) is 12.3. The van der Waals surface area contributed by atoms with E-state index in [1.807, 2.05) is 18.2 Å². The van der Waals surface area contributed by atoms with Gasteiger partial charge in [0.15, 0.2) is 12.1 Å². The van der Waals surface area contributed by atoms with Gasteiger partial charge in [-0.2, -0.15) is 0 Å².